The van der Waals surface area contributed by atoms with Crippen LogP contribution in [0.2, 0.25) is 5.28 Å². The number of carbonyl (C=O) groups excluding carboxylic acids is 2. The van der Waals surface area contributed by atoms with Gasteiger partial charge in [-0.1, -0.05) is 12.1 Å². The lowest BCUT2D eigenvalue weighted by Crippen LogP contribution is -2.45. The zero-order chi connectivity index (χ0) is 20.4. The number of urea groups is 1. The van der Waals surface area contributed by atoms with E-state index in [-0.39, 0.29) is 36.1 Å². The van der Waals surface area contributed by atoms with Crippen molar-refractivity contribution >= 4 is 29.3 Å². The van der Waals surface area contributed by atoms with Crippen molar-refractivity contribution in [2.75, 3.05) is 13.1 Å². The summed E-state index contributed by atoms with van der Waals surface area (Å²) in [5.41, 5.74) is 1.94. The second kappa shape index (κ2) is 8.12. The number of benzene rings is 1. The van der Waals surface area contributed by atoms with Gasteiger partial charge in [-0.25, -0.2) is 24.2 Å². The van der Waals surface area contributed by atoms with Crippen LogP contribution in [0.3, 0.4) is 0 Å². The second-order valence-electron chi connectivity index (χ2n) is 6.80. The average Bonchev–Trinajstić information content (AvgIpc) is 3.34. The minimum atomic E-state index is -0.409. The van der Waals surface area contributed by atoms with E-state index >= 15 is 0 Å². The molecule has 1 unspecified atom stereocenters. The van der Waals surface area contributed by atoms with Crippen LogP contribution in [0.15, 0.2) is 41.8 Å². The molecule has 1 aromatic heterocycles. The SMILES string of the molecule is O=C(NCc1cnc(Cl)nc1)N1CC(N2CCCC2=O)C(c2ccc(F)cc2)=N1. The minimum Gasteiger partial charge on any atom is -0.332 e. The first-order valence-electron chi connectivity index (χ1n) is 9.17. The number of aromatic nitrogens is 2. The van der Waals surface area contributed by atoms with Crippen molar-refractivity contribution in [2.24, 2.45) is 5.10 Å². The molecule has 1 fully saturated rings. The molecule has 2 aromatic rings. The number of halogens is 2. The highest BCUT2D eigenvalue weighted by atomic mass is 35.5. The molecule has 4 rings (SSSR count). The highest BCUT2D eigenvalue weighted by Gasteiger charge is 2.38. The van der Waals surface area contributed by atoms with Crippen LogP contribution in [0.4, 0.5) is 9.18 Å². The molecule has 0 saturated carbocycles. The normalized spacial score (nSPS) is 18.9. The average molecular weight is 417 g/mol. The van der Waals surface area contributed by atoms with Gasteiger partial charge >= 0.3 is 6.03 Å². The van der Waals surface area contributed by atoms with E-state index in [9.17, 15) is 14.0 Å². The molecular formula is C19H18ClFN6O2. The second-order valence-corrected chi connectivity index (χ2v) is 7.14. The number of amides is 3. The third-order valence-corrected chi connectivity index (χ3v) is 5.06. The lowest BCUT2D eigenvalue weighted by atomic mass is 10.0. The van der Waals surface area contributed by atoms with E-state index in [2.05, 4.69) is 20.4 Å². The van der Waals surface area contributed by atoms with Crippen LogP contribution in [0, 0.1) is 5.82 Å². The zero-order valence-corrected chi connectivity index (χ0v) is 16.1. The van der Waals surface area contributed by atoms with E-state index in [1.807, 2.05) is 0 Å². The largest absolute Gasteiger partial charge is 0.338 e. The summed E-state index contributed by atoms with van der Waals surface area (Å²) in [6, 6.07) is 5.12. The van der Waals surface area contributed by atoms with Crippen LogP contribution in [0.25, 0.3) is 0 Å². The summed E-state index contributed by atoms with van der Waals surface area (Å²) in [4.78, 5) is 34.4. The number of nitrogens with zero attached hydrogens (tertiary/aromatic N) is 5. The van der Waals surface area contributed by atoms with Crippen molar-refractivity contribution in [3.05, 3.63) is 58.9 Å². The van der Waals surface area contributed by atoms with E-state index in [1.165, 1.54) is 29.5 Å². The number of nitrogens with one attached hydrogen (secondary N) is 1. The first-order valence-corrected chi connectivity index (χ1v) is 9.55. The van der Waals surface area contributed by atoms with Gasteiger partial charge in [-0.3, -0.25) is 4.79 Å². The van der Waals surface area contributed by atoms with Crippen molar-refractivity contribution in [3.63, 3.8) is 0 Å². The molecule has 29 heavy (non-hydrogen) atoms. The van der Waals surface area contributed by atoms with Crippen LogP contribution in [-0.2, 0) is 11.3 Å². The summed E-state index contributed by atoms with van der Waals surface area (Å²) in [6.07, 6.45) is 4.31. The Kier molecular flexibility index (Phi) is 5.39. The standard InChI is InChI=1S/C19H18ClFN6O2/c20-18-22-8-12(9-23-18)10-24-19(29)27-11-15(26-7-1-2-16(26)28)17(25-27)13-3-5-14(21)6-4-13/h3-6,8-9,15H,1-2,7,10-11H2,(H,24,29). The summed E-state index contributed by atoms with van der Waals surface area (Å²) < 4.78 is 13.3. The topological polar surface area (TPSA) is 90.8 Å². The predicted octanol–water partition coefficient (Wildman–Crippen LogP) is 2.19. The molecule has 1 saturated heterocycles. The predicted molar refractivity (Wildman–Crippen MR) is 104 cm³/mol. The van der Waals surface area contributed by atoms with E-state index in [0.29, 0.717) is 29.8 Å². The number of likely N-dealkylation sites (tertiary alicyclic amines) is 1. The van der Waals surface area contributed by atoms with E-state index in [1.54, 1.807) is 17.0 Å². The van der Waals surface area contributed by atoms with Gasteiger partial charge < -0.3 is 10.2 Å². The van der Waals surface area contributed by atoms with Crippen molar-refractivity contribution in [1.29, 1.82) is 0 Å². The lowest BCUT2D eigenvalue weighted by Gasteiger charge is -2.25. The summed E-state index contributed by atoms with van der Waals surface area (Å²) in [5, 5.41) is 8.63. The molecule has 1 aromatic carbocycles. The first-order chi connectivity index (χ1) is 14.0. The van der Waals surface area contributed by atoms with Gasteiger partial charge in [0.05, 0.1) is 18.3 Å². The molecule has 1 atom stereocenters. The zero-order valence-electron chi connectivity index (χ0n) is 15.4. The monoisotopic (exact) mass is 416 g/mol. The number of hydrazone groups is 1. The molecule has 0 radical (unpaired) electrons. The Balaban J connectivity index is 1.52. The Labute approximate surface area is 171 Å². The third-order valence-electron chi connectivity index (χ3n) is 4.87. The molecule has 0 bridgehead atoms. The molecule has 2 aliphatic heterocycles. The maximum absolute atomic E-state index is 13.3. The van der Waals surface area contributed by atoms with E-state index < -0.39 is 6.03 Å². The third kappa shape index (κ3) is 4.19. The first kappa shape index (κ1) is 19.3. The van der Waals surface area contributed by atoms with Gasteiger partial charge in [0.25, 0.3) is 0 Å². The van der Waals surface area contributed by atoms with Gasteiger partial charge in [0, 0.05) is 43.0 Å². The van der Waals surface area contributed by atoms with Crippen LogP contribution in [0.5, 0.6) is 0 Å². The summed E-state index contributed by atoms with van der Waals surface area (Å²) >= 11 is 5.66. The van der Waals surface area contributed by atoms with Crippen molar-refractivity contribution in [1.82, 2.24) is 25.2 Å². The molecular weight excluding hydrogens is 399 g/mol. The highest BCUT2D eigenvalue weighted by molar-refractivity contribution is 6.28. The fourth-order valence-electron chi connectivity index (χ4n) is 3.43. The van der Waals surface area contributed by atoms with Crippen molar-refractivity contribution in [3.8, 4) is 0 Å². The lowest BCUT2D eigenvalue weighted by molar-refractivity contribution is -0.128. The molecule has 2 aliphatic rings. The molecule has 150 valence electrons. The number of carbonyl (C=O) groups is 2. The summed E-state index contributed by atoms with van der Waals surface area (Å²) in [5.74, 6) is -0.327. The molecule has 0 spiro atoms. The summed E-state index contributed by atoms with van der Waals surface area (Å²) in [6.45, 7) is 1.06. The molecule has 10 heteroatoms. The maximum Gasteiger partial charge on any atom is 0.338 e. The number of hydrogen-bond donors (Lipinski definition) is 1. The van der Waals surface area contributed by atoms with Gasteiger partial charge in [-0.05, 0) is 30.2 Å². The van der Waals surface area contributed by atoms with Gasteiger partial charge in [0.2, 0.25) is 11.2 Å². The van der Waals surface area contributed by atoms with Crippen molar-refractivity contribution < 1.29 is 14.0 Å². The van der Waals surface area contributed by atoms with Crippen LogP contribution in [0.1, 0.15) is 24.0 Å². The van der Waals surface area contributed by atoms with Crippen LogP contribution < -0.4 is 5.32 Å². The maximum atomic E-state index is 13.3. The van der Waals surface area contributed by atoms with E-state index in [0.717, 1.165) is 6.42 Å². The van der Waals surface area contributed by atoms with Crippen molar-refractivity contribution in [2.45, 2.75) is 25.4 Å². The Hall–Kier alpha value is -3.07. The number of rotatable bonds is 4. The molecule has 0 aliphatic carbocycles. The van der Waals surface area contributed by atoms with Crippen LogP contribution in [-0.4, -0.2) is 56.7 Å². The fraction of sp³-hybridized carbons (Fsp3) is 0.316. The van der Waals surface area contributed by atoms with E-state index in [4.69, 9.17) is 11.6 Å². The Morgan fingerprint density at radius 2 is 1.97 bits per heavy atom. The fourth-order valence-corrected chi connectivity index (χ4v) is 3.53. The molecule has 3 amide bonds. The van der Waals surface area contributed by atoms with Crippen LogP contribution >= 0.6 is 11.6 Å². The van der Waals surface area contributed by atoms with Gasteiger partial charge in [0.1, 0.15) is 5.82 Å². The van der Waals surface area contributed by atoms with Gasteiger partial charge in [-0.2, -0.15) is 5.10 Å². The van der Waals surface area contributed by atoms with Gasteiger partial charge in [-0.15, -0.1) is 0 Å². The molecule has 3 heterocycles. The minimum absolute atomic E-state index is 0.0328. The summed E-state index contributed by atoms with van der Waals surface area (Å²) in [7, 11) is 0. The highest BCUT2D eigenvalue weighted by Crippen LogP contribution is 2.24. The quantitative estimate of drug-likeness (QED) is 0.773. The van der Waals surface area contributed by atoms with Gasteiger partial charge in [0.15, 0.2) is 0 Å². The Morgan fingerprint density at radius 3 is 2.62 bits per heavy atom. The Bertz CT molecular complexity index is 950. The number of hydrogen-bond acceptors (Lipinski definition) is 5. The molecule has 8 nitrogen and oxygen atoms in total. The smallest absolute Gasteiger partial charge is 0.332 e. The Morgan fingerprint density at radius 1 is 1.24 bits per heavy atom. The molecule has 1 N–H and O–H groups in total.